The molecule has 0 aliphatic rings. The van der Waals surface area contributed by atoms with Gasteiger partial charge in [0, 0.05) is 12.1 Å². The molecule has 0 bridgehead atoms. The van der Waals surface area contributed by atoms with Gasteiger partial charge in [-0.25, -0.2) is 4.98 Å². The highest BCUT2D eigenvalue weighted by Crippen LogP contribution is 2.31. The van der Waals surface area contributed by atoms with Gasteiger partial charge in [0.15, 0.2) is 0 Å². The van der Waals surface area contributed by atoms with Crippen LogP contribution >= 0.6 is 11.3 Å². The summed E-state index contributed by atoms with van der Waals surface area (Å²) in [6.07, 6.45) is 2.12. The Morgan fingerprint density at radius 2 is 2.00 bits per heavy atom. The lowest BCUT2D eigenvalue weighted by molar-refractivity contribution is -0.384. The van der Waals surface area contributed by atoms with Crippen LogP contribution in [0.25, 0.3) is 10.2 Å². The number of benzene rings is 2. The van der Waals surface area contributed by atoms with Gasteiger partial charge in [0.2, 0.25) is 5.13 Å². The largest absolute Gasteiger partial charge is 0.494 e. The second-order valence-corrected chi connectivity index (χ2v) is 6.31. The van der Waals surface area contributed by atoms with Crippen LogP contribution in [0.2, 0.25) is 0 Å². The van der Waals surface area contributed by atoms with Gasteiger partial charge in [-0.15, -0.1) is 10.2 Å². The van der Waals surface area contributed by atoms with Crippen molar-refractivity contribution in [2.24, 2.45) is 10.2 Å². The first-order valence-corrected chi connectivity index (χ1v) is 8.67. The first-order valence-electron chi connectivity index (χ1n) is 7.85. The van der Waals surface area contributed by atoms with E-state index in [1.165, 1.54) is 23.5 Å². The summed E-state index contributed by atoms with van der Waals surface area (Å²) in [5.41, 5.74) is 1.40. The standard InChI is InChI=1S/C17H16N4O3S/c1-2-3-10-24-14-7-4-12(5-8-14)19-20-17-18-15-9-6-13(21(22)23)11-16(15)25-17/h4-9,11H,2-3,10H2,1H3. The first-order chi connectivity index (χ1) is 12.2. The molecule has 0 saturated heterocycles. The predicted molar refractivity (Wildman–Crippen MR) is 97.3 cm³/mol. The van der Waals surface area contributed by atoms with Crippen molar-refractivity contribution in [2.75, 3.05) is 6.61 Å². The van der Waals surface area contributed by atoms with Crippen molar-refractivity contribution in [1.82, 2.24) is 4.98 Å². The SMILES string of the molecule is CCCCOc1ccc(N=Nc2nc3ccc([N+](=O)[O-])cc3s2)cc1. The summed E-state index contributed by atoms with van der Waals surface area (Å²) in [4.78, 5) is 14.7. The number of hydrogen-bond acceptors (Lipinski definition) is 7. The molecule has 0 N–H and O–H groups in total. The topological polar surface area (TPSA) is 90.0 Å². The molecular formula is C17H16N4O3S. The third-order valence-electron chi connectivity index (χ3n) is 3.43. The Balaban J connectivity index is 1.71. The number of azo groups is 1. The summed E-state index contributed by atoms with van der Waals surface area (Å²) in [5, 5.41) is 19.5. The second kappa shape index (κ2) is 7.80. The molecule has 0 unspecified atom stereocenters. The highest BCUT2D eigenvalue weighted by atomic mass is 32.1. The average Bonchev–Trinajstić information content (AvgIpc) is 3.03. The summed E-state index contributed by atoms with van der Waals surface area (Å²) < 4.78 is 6.31. The highest BCUT2D eigenvalue weighted by molar-refractivity contribution is 7.21. The summed E-state index contributed by atoms with van der Waals surface area (Å²) in [7, 11) is 0. The number of hydrogen-bond donors (Lipinski definition) is 0. The normalized spacial score (nSPS) is 11.2. The lowest BCUT2D eigenvalue weighted by Crippen LogP contribution is -1.95. The number of nitro benzene ring substituents is 1. The van der Waals surface area contributed by atoms with E-state index >= 15 is 0 Å². The van der Waals surface area contributed by atoms with E-state index < -0.39 is 4.92 Å². The van der Waals surface area contributed by atoms with Gasteiger partial charge in [-0.2, -0.15) is 0 Å². The fourth-order valence-corrected chi connectivity index (χ4v) is 2.92. The number of non-ortho nitro benzene ring substituents is 1. The molecule has 25 heavy (non-hydrogen) atoms. The predicted octanol–water partition coefficient (Wildman–Crippen LogP) is 5.80. The Hall–Kier alpha value is -2.87. The fourth-order valence-electron chi connectivity index (χ4n) is 2.10. The number of ether oxygens (including phenoxy) is 1. The van der Waals surface area contributed by atoms with Crippen molar-refractivity contribution in [3.63, 3.8) is 0 Å². The minimum atomic E-state index is -0.426. The lowest BCUT2D eigenvalue weighted by Gasteiger charge is -2.04. The van der Waals surface area contributed by atoms with E-state index in [2.05, 4.69) is 22.1 Å². The summed E-state index contributed by atoms with van der Waals surface area (Å²) >= 11 is 1.26. The van der Waals surface area contributed by atoms with Crippen molar-refractivity contribution in [2.45, 2.75) is 19.8 Å². The van der Waals surface area contributed by atoms with Gasteiger partial charge in [-0.05, 0) is 36.8 Å². The van der Waals surface area contributed by atoms with E-state index in [-0.39, 0.29) is 5.69 Å². The third-order valence-corrected chi connectivity index (χ3v) is 4.33. The highest BCUT2D eigenvalue weighted by Gasteiger charge is 2.09. The molecule has 0 fully saturated rings. The molecule has 1 heterocycles. The molecule has 3 aromatic rings. The number of rotatable bonds is 7. The van der Waals surface area contributed by atoms with E-state index in [0.29, 0.717) is 27.6 Å². The maximum absolute atomic E-state index is 10.8. The first kappa shape index (κ1) is 17.0. The van der Waals surface area contributed by atoms with E-state index in [1.54, 1.807) is 6.07 Å². The van der Waals surface area contributed by atoms with Gasteiger partial charge >= 0.3 is 0 Å². The van der Waals surface area contributed by atoms with Gasteiger partial charge in [0.1, 0.15) is 5.75 Å². The minimum Gasteiger partial charge on any atom is -0.494 e. The average molecular weight is 356 g/mol. The van der Waals surface area contributed by atoms with Crippen molar-refractivity contribution in [3.8, 4) is 5.75 Å². The summed E-state index contributed by atoms with van der Waals surface area (Å²) in [5.74, 6) is 0.805. The second-order valence-electron chi connectivity index (χ2n) is 5.30. The molecule has 0 atom stereocenters. The van der Waals surface area contributed by atoms with E-state index in [9.17, 15) is 10.1 Å². The molecule has 0 spiro atoms. The van der Waals surface area contributed by atoms with Gasteiger partial charge < -0.3 is 4.74 Å². The van der Waals surface area contributed by atoms with Crippen LogP contribution in [0.4, 0.5) is 16.5 Å². The molecule has 2 aromatic carbocycles. The number of nitrogens with zero attached hydrogens (tertiary/aromatic N) is 4. The Kier molecular flexibility index (Phi) is 5.30. The maximum atomic E-state index is 10.8. The smallest absolute Gasteiger partial charge is 0.270 e. The fraction of sp³-hybridized carbons (Fsp3) is 0.235. The number of unbranched alkanes of at least 4 members (excludes halogenated alkanes) is 1. The van der Waals surface area contributed by atoms with Crippen LogP contribution in [-0.4, -0.2) is 16.5 Å². The van der Waals surface area contributed by atoms with Crippen LogP contribution in [0, 0.1) is 10.1 Å². The molecule has 0 amide bonds. The van der Waals surface area contributed by atoms with Crippen molar-refractivity contribution < 1.29 is 9.66 Å². The third kappa shape index (κ3) is 4.36. The Morgan fingerprint density at radius 1 is 1.20 bits per heavy atom. The monoisotopic (exact) mass is 356 g/mol. The number of fused-ring (bicyclic) bond motifs is 1. The van der Waals surface area contributed by atoms with Crippen molar-refractivity contribution in [3.05, 3.63) is 52.6 Å². The van der Waals surface area contributed by atoms with E-state index in [1.807, 2.05) is 24.3 Å². The summed E-state index contributed by atoms with van der Waals surface area (Å²) in [6.45, 7) is 2.82. The molecule has 0 saturated carbocycles. The zero-order valence-electron chi connectivity index (χ0n) is 13.6. The van der Waals surface area contributed by atoms with Crippen molar-refractivity contribution >= 4 is 38.1 Å². The molecule has 0 aliphatic heterocycles. The van der Waals surface area contributed by atoms with Crippen LogP contribution in [0.15, 0.2) is 52.7 Å². The minimum absolute atomic E-state index is 0.0401. The molecular weight excluding hydrogens is 340 g/mol. The van der Waals surface area contributed by atoms with Gasteiger partial charge in [0.25, 0.3) is 5.69 Å². The molecule has 3 rings (SSSR count). The van der Waals surface area contributed by atoms with Gasteiger partial charge in [0.05, 0.1) is 27.4 Å². The maximum Gasteiger partial charge on any atom is 0.270 e. The molecule has 7 nitrogen and oxygen atoms in total. The number of nitro groups is 1. The van der Waals surface area contributed by atoms with Crippen LogP contribution in [0.3, 0.4) is 0 Å². The van der Waals surface area contributed by atoms with E-state index in [4.69, 9.17) is 4.74 Å². The Bertz CT molecular complexity index is 906. The number of aromatic nitrogens is 1. The van der Waals surface area contributed by atoms with Gasteiger partial charge in [-0.1, -0.05) is 24.7 Å². The summed E-state index contributed by atoms with van der Waals surface area (Å²) in [6, 6.07) is 11.9. The Morgan fingerprint density at radius 3 is 2.72 bits per heavy atom. The zero-order chi connectivity index (χ0) is 17.6. The Labute approximate surface area is 148 Å². The zero-order valence-corrected chi connectivity index (χ0v) is 14.4. The van der Waals surface area contributed by atoms with Crippen LogP contribution in [0.5, 0.6) is 5.75 Å². The quantitative estimate of drug-likeness (QED) is 0.231. The van der Waals surface area contributed by atoms with Crippen molar-refractivity contribution in [1.29, 1.82) is 0 Å². The molecule has 1 aromatic heterocycles. The van der Waals surface area contributed by atoms with Crippen LogP contribution in [-0.2, 0) is 0 Å². The van der Waals surface area contributed by atoms with Gasteiger partial charge in [-0.3, -0.25) is 10.1 Å². The lowest BCUT2D eigenvalue weighted by atomic mass is 10.3. The molecule has 128 valence electrons. The molecule has 8 heteroatoms. The van der Waals surface area contributed by atoms with Crippen LogP contribution in [0.1, 0.15) is 19.8 Å². The van der Waals surface area contributed by atoms with Crippen LogP contribution < -0.4 is 4.74 Å². The number of thiazole rings is 1. The molecule has 0 radical (unpaired) electrons. The van der Waals surface area contributed by atoms with E-state index in [0.717, 1.165) is 18.6 Å². The molecule has 0 aliphatic carbocycles.